The molecule has 152 valence electrons. The summed E-state index contributed by atoms with van der Waals surface area (Å²) in [6.45, 7) is 6.01. The van der Waals surface area contributed by atoms with Crippen molar-refractivity contribution in [2.75, 3.05) is 32.1 Å². The fourth-order valence-electron chi connectivity index (χ4n) is 2.63. The summed E-state index contributed by atoms with van der Waals surface area (Å²) in [5.41, 5.74) is 1.36. The quantitative estimate of drug-likeness (QED) is 0.692. The molecule has 28 heavy (non-hydrogen) atoms. The molecule has 0 atom stereocenters. The molecule has 1 N–H and O–H groups in total. The molecule has 0 aliphatic carbocycles. The van der Waals surface area contributed by atoms with Crippen LogP contribution in [-0.2, 0) is 14.8 Å². The second-order valence-corrected chi connectivity index (χ2v) is 8.04. The van der Waals surface area contributed by atoms with Crippen molar-refractivity contribution in [2.24, 2.45) is 0 Å². The largest absolute Gasteiger partial charge is 0.495 e. The lowest BCUT2D eigenvalue weighted by atomic mass is 10.2. The number of anilines is 1. The van der Waals surface area contributed by atoms with Crippen LogP contribution in [0.25, 0.3) is 0 Å². The minimum Gasteiger partial charge on any atom is -0.495 e. The lowest BCUT2D eigenvalue weighted by molar-refractivity contribution is -0.118. The standard InChI is InChI=1S/C20H26N2O5S/c1-5-22(6-2)28(24,25)17-11-12-19(26-4)18(13-17)21-20(23)14-27-16-9-7-15(3)8-10-16/h7-13H,5-6,14H2,1-4H3,(H,21,23). The van der Waals surface area contributed by atoms with Crippen molar-refractivity contribution >= 4 is 21.6 Å². The van der Waals surface area contributed by atoms with Gasteiger partial charge in [-0.25, -0.2) is 8.42 Å². The summed E-state index contributed by atoms with van der Waals surface area (Å²) in [6.07, 6.45) is 0. The maximum atomic E-state index is 12.7. The van der Waals surface area contributed by atoms with Crippen molar-refractivity contribution in [2.45, 2.75) is 25.7 Å². The van der Waals surface area contributed by atoms with Gasteiger partial charge in [0, 0.05) is 13.1 Å². The molecule has 1 amide bonds. The van der Waals surface area contributed by atoms with Crippen LogP contribution in [0.2, 0.25) is 0 Å². The van der Waals surface area contributed by atoms with Gasteiger partial charge in [-0.05, 0) is 37.3 Å². The van der Waals surface area contributed by atoms with Gasteiger partial charge in [0.25, 0.3) is 5.91 Å². The van der Waals surface area contributed by atoms with Gasteiger partial charge in [0.1, 0.15) is 11.5 Å². The molecule has 0 bridgehead atoms. The summed E-state index contributed by atoms with van der Waals surface area (Å²) in [4.78, 5) is 12.4. The van der Waals surface area contributed by atoms with Gasteiger partial charge in [0.15, 0.2) is 6.61 Å². The van der Waals surface area contributed by atoms with Crippen LogP contribution in [0.5, 0.6) is 11.5 Å². The van der Waals surface area contributed by atoms with E-state index in [0.717, 1.165) is 5.56 Å². The zero-order valence-electron chi connectivity index (χ0n) is 16.6. The van der Waals surface area contributed by atoms with Crippen LogP contribution in [0.3, 0.4) is 0 Å². The molecule has 0 saturated carbocycles. The minimum absolute atomic E-state index is 0.0896. The van der Waals surface area contributed by atoms with E-state index in [-0.39, 0.29) is 17.2 Å². The number of nitrogens with one attached hydrogen (secondary N) is 1. The molecule has 0 aliphatic rings. The number of amides is 1. The fourth-order valence-corrected chi connectivity index (χ4v) is 4.11. The van der Waals surface area contributed by atoms with E-state index in [1.54, 1.807) is 26.0 Å². The lowest BCUT2D eigenvalue weighted by Gasteiger charge is -2.19. The normalized spacial score (nSPS) is 11.3. The molecular weight excluding hydrogens is 380 g/mol. The molecule has 0 unspecified atom stereocenters. The first kappa shape index (κ1) is 21.7. The van der Waals surface area contributed by atoms with E-state index in [1.165, 1.54) is 29.6 Å². The van der Waals surface area contributed by atoms with Gasteiger partial charge in [-0.3, -0.25) is 4.79 Å². The Bertz CT molecular complexity index is 907. The highest BCUT2D eigenvalue weighted by Crippen LogP contribution is 2.29. The van der Waals surface area contributed by atoms with Crippen molar-refractivity contribution in [3.8, 4) is 11.5 Å². The summed E-state index contributed by atoms with van der Waals surface area (Å²) < 4.78 is 37.5. The van der Waals surface area contributed by atoms with Gasteiger partial charge in [-0.1, -0.05) is 31.5 Å². The third kappa shape index (κ3) is 5.24. The summed E-state index contributed by atoms with van der Waals surface area (Å²) >= 11 is 0. The monoisotopic (exact) mass is 406 g/mol. The smallest absolute Gasteiger partial charge is 0.262 e. The van der Waals surface area contributed by atoms with Crippen LogP contribution in [0.15, 0.2) is 47.4 Å². The predicted octanol–water partition coefficient (Wildman–Crippen LogP) is 3.05. The van der Waals surface area contributed by atoms with Crippen LogP contribution in [0.4, 0.5) is 5.69 Å². The molecule has 2 rings (SSSR count). The number of ether oxygens (including phenoxy) is 2. The Morgan fingerprint density at radius 3 is 2.29 bits per heavy atom. The molecule has 2 aromatic rings. The molecule has 0 radical (unpaired) electrons. The van der Waals surface area contributed by atoms with E-state index in [1.807, 2.05) is 19.1 Å². The van der Waals surface area contributed by atoms with E-state index >= 15 is 0 Å². The van der Waals surface area contributed by atoms with Gasteiger partial charge in [0.05, 0.1) is 17.7 Å². The zero-order valence-corrected chi connectivity index (χ0v) is 17.4. The Morgan fingerprint density at radius 1 is 1.07 bits per heavy atom. The van der Waals surface area contributed by atoms with Crippen LogP contribution in [-0.4, -0.2) is 45.4 Å². The van der Waals surface area contributed by atoms with Crippen LogP contribution in [0, 0.1) is 6.92 Å². The van der Waals surface area contributed by atoms with E-state index in [0.29, 0.717) is 24.6 Å². The van der Waals surface area contributed by atoms with E-state index in [9.17, 15) is 13.2 Å². The van der Waals surface area contributed by atoms with Gasteiger partial charge in [0.2, 0.25) is 10.0 Å². The molecule has 0 fully saturated rings. The number of aryl methyl sites for hydroxylation is 1. The third-order valence-electron chi connectivity index (χ3n) is 4.18. The Hall–Kier alpha value is -2.58. The van der Waals surface area contributed by atoms with Gasteiger partial charge in [-0.15, -0.1) is 0 Å². The molecule has 0 aromatic heterocycles. The summed E-state index contributed by atoms with van der Waals surface area (Å²) in [5, 5.41) is 2.66. The highest BCUT2D eigenvalue weighted by molar-refractivity contribution is 7.89. The molecule has 0 saturated heterocycles. The average Bonchev–Trinajstić information content (AvgIpc) is 2.68. The van der Waals surface area contributed by atoms with Crippen LogP contribution >= 0.6 is 0 Å². The number of rotatable bonds is 9. The molecule has 0 aliphatic heterocycles. The Balaban J connectivity index is 2.17. The maximum Gasteiger partial charge on any atom is 0.262 e. The number of hydrogen-bond acceptors (Lipinski definition) is 5. The SMILES string of the molecule is CCN(CC)S(=O)(=O)c1ccc(OC)c(NC(=O)COc2ccc(C)cc2)c1. The topological polar surface area (TPSA) is 84.9 Å². The van der Waals surface area contributed by atoms with Crippen molar-refractivity contribution in [1.29, 1.82) is 0 Å². The predicted molar refractivity (Wildman–Crippen MR) is 108 cm³/mol. The Morgan fingerprint density at radius 2 is 1.71 bits per heavy atom. The Kier molecular flexibility index (Phi) is 7.42. The lowest BCUT2D eigenvalue weighted by Crippen LogP contribution is -2.30. The van der Waals surface area contributed by atoms with Crippen molar-refractivity contribution < 1.29 is 22.7 Å². The molecule has 0 spiro atoms. The average molecular weight is 407 g/mol. The van der Waals surface area contributed by atoms with E-state index in [2.05, 4.69) is 5.32 Å². The first-order chi connectivity index (χ1) is 13.3. The van der Waals surface area contributed by atoms with E-state index in [4.69, 9.17) is 9.47 Å². The van der Waals surface area contributed by atoms with Crippen molar-refractivity contribution in [1.82, 2.24) is 4.31 Å². The highest BCUT2D eigenvalue weighted by Gasteiger charge is 2.23. The van der Waals surface area contributed by atoms with Gasteiger partial charge >= 0.3 is 0 Å². The first-order valence-electron chi connectivity index (χ1n) is 8.99. The maximum absolute atomic E-state index is 12.7. The number of carbonyl (C=O) groups is 1. The summed E-state index contributed by atoms with van der Waals surface area (Å²) in [7, 11) is -2.20. The van der Waals surface area contributed by atoms with Crippen molar-refractivity contribution in [3.63, 3.8) is 0 Å². The second-order valence-electron chi connectivity index (χ2n) is 6.10. The van der Waals surface area contributed by atoms with E-state index < -0.39 is 15.9 Å². The summed E-state index contributed by atoms with van der Waals surface area (Å²) in [5.74, 6) is 0.518. The Labute approximate surface area is 166 Å². The second kappa shape index (κ2) is 9.57. The first-order valence-corrected chi connectivity index (χ1v) is 10.4. The fraction of sp³-hybridized carbons (Fsp3) is 0.350. The van der Waals surface area contributed by atoms with Crippen LogP contribution < -0.4 is 14.8 Å². The number of nitrogens with zero attached hydrogens (tertiary/aromatic N) is 1. The number of hydrogen-bond donors (Lipinski definition) is 1. The number of methoxy groups -OCH3 is 1. The molecule has 0 heterocycles. The molecule has 7 nitrogen and oxygen atoms in total. The highest BCUT2D eigenvalue weighted by atomic mass is 32.2. The number of sulfonamides is 1. The van der Waals surface area contributed by atoms with Gasteiger partial charge in [-0.2, -0.15) is 4.31 Å². The molecular formula is C20H26N2O5S. The minimum atomic E-state index is -3.65. The third-order valence-corrected chi connectivity index (χ3v) is 6.23. The number of benzene rings is 2. The van der Waals surface area contributed by atoms with Gasteiger partial charge < -0.3 is 14.8 Å². The molecule has 2 aromatic carbocycles. The molecule has 8 heteroatoms. The summed E-state index contributed by atoms with van der Waals surface area (Å²) in [6, 6.07) is 11.7. The zero-order chi connectivity index (χ0) is 20.7. The van der Waals surface area contributed by atoms with Crippen LogP contribution in [0.1, 0.15) is 19.4 Å². The van der Waals surface area contributed by atoms with Crippen molar-refractivity contribution in [3.05, 3.63) is 48.0 Å². The number of carbonyl (C=O) groups excluding carboxylic acids is 1.